The lowest BCUT2D eigenvalue weighted by Gasteiger charge is -2.38. The van der Waals surface area contributed by atoms with Gasteiger partial charge in [0.05, 0.1) is 24.5 Å². The highest BCUT2D eigenvalue weighted by atomic mass is 35.5. The summed E-state index contributed by atoms with van der Waals surface area (Å²) in [6, 6.07) is 15.9. The second-order valence-electron chi connectivity index (χ2n) is 7.18. The predicted molar refractivity (Wildman–Crippen MR) is 111 cm³/mol. The highest BCUT2D eigenvalue weighted by molar-refractivity contribution is 6.33. The van der Waals surface area contributed by atoms with Crippen LogP contribution in [0.2, 0.25) is 5.02 Å². The average Bonchev–Trinajstić information content (AvgIpc) is 2.72. The third-order valence-electron chi connectivity index (χ3n) is 4.98. The van der Waals surface area contributed by atoms with E-state index in [1.54, 1.807) is 18.3 Å². The number of rotatable bonds is 4. The fourth-order valence-corrected chi connectivity index (χ4v) is 3.82. The molecule has 0 bridgehead atoms. The maximum absolute atomic E-state index is 13.2. The molecule has 1 aliphatic heterocycles. The average molecular weight is 414 g/mol. The fourth-order valence-electron chi connectivity index (χ4n) is 3.56. The largest absolute Gasteiger partial charge is 0.367 e. The molecule has 0 spiro atoms. The summed E-state index contributed by atoms with van der Waals surface area (Å²) in [6.45, 7) is 3.40. The lowest BCUT2D eigenvalue weighted by atomic mass is 10.1. The van der Waals surface area contributed by atoms with Gasteiger partial charge in [0.1, 0.15) is 16.9 Å². The van der Waals surface area contributed by atoms with Crippen LogP contribution in [0.4, 0.5) is 10.1 Å². The summed E-state index contributed by atoms with van der Waals surface area (Å²) in [4.78, 5) is 14.8. The van der Waals surface area contributed by atoms with Gasteiger partial charge in [0, 0.05) is 13.1 Å². The van der Waals surface area contributed by atoms with E-state index >= 15 is 0 Å². The number of aromatic nitrogens is 2. The van der Waals surface area contributed by atoms with Crippen LogP contribution in [-0.4, -0.2) is 29.0 Å². The number of hydrogen-bond donors (Lipinski definition) is 0. The van der Waals surface area contributed by atoms with Crippen molar-refractivity contribution in [1.82, 2.24) is 9.78 Å². The van der Waals surface area contributed by atoms with Crippen LogP contribution in [-0.2, 0) is 11.3 Å². The molecule has 150 valence electrons. The van der Waals surface area contributed by atoms with Gasteiger partial charge >= 0.3 is 0 Å². The van der Waals surface area contributed by atoms with Crippen LogP contribution in [0.3, 0.4) is 0 Å². The van der Waals surface area contributed by atoms with E-state index in [1.165, 1.54) is 16.8 Å². The first-order valence-corrected chi connectivity index (χ1v) is 9.84. The Kier molecular flexibility index (Phi) is 5.65. The van der Waals surface area contributed by atoms with Crippen molar-refractivity contribution >= 4 is 17.3 Å². The van der Waals surface area contributed by atoms with Crippen LogP contribution < -0.4 is 10.5 Å². The number of nitrogens with zero attached hydrogens (tertiary/aromatic N) is 3. The highest BCUT2D eigenvalue weighted by Crippen LogP contribution is 2.31. The number of hydrogen-bond acceptors (Lipinski definition) is 4. The molecule has 0 N–H and O–H groups in total. The molecule has 1 aliphatic rings. The van der Waals surface area contributed by atoms with Crippen molar-refractivity contribution in [3.8, 4) is 0 Å². The standard InChI is InChI=1S/C22H21ClFN3O2/c1-15-12-26(14-20(29-15)17-7-9-18(24)10-8-17)19-11-25-27(22(28)21(19)23)13-16-5-3-2-4-6-16/h2-11,15,20H,12-14H2,1H3. The molecule has 1 fully saturated rings. The summed E-state index contributed by atoms with van der Waals surface area (Å²) in [6.07, 6.45) is 1.30. The Morgan fingerprint density at radius 3 is 2.59 bits per heavy atom. The monoisotopic (exact) mass is 413 g/mol. The molecule has 7 heteroatoms. The van der Waals surface area contributed by atoms with Crippen LogP contribution >= 0.6 is 11.6 Å². The van der Waals surface area contributed by atoms with Crippen molar-refractivity contribution in [3.05, 3.63) is 93.1 Å². The number of anilines is 1. The molecule has 5 nitrogen and oxygen atoms in total. The van der Waals surface area contributed by atoms with E-state index in [2.05, 4.69) is 5.10 Å². The van der Waals surface area contributed by atoms with Gasteiger partial charge in [-0.15, -0.1) is 0 Å². The first kappa shape index (κ1) is 19.6. The zero-order valence-corrected chi connectivity index (χ0v) is 16.7. The molecule has 2 unspecified atom stereocenters. The van der Waals surface area contributed by atoms with Crippen LogP contribution in [0.25, 0.3) is 0 Å². The second kappa shape index (κ2) is 8.35. The first-order chi connectivity index (χ1) is 14.0. The molecular formula is C22H21ClFN3O2. The fraction of sp³-hybridized carbons (Fsp3) is 0.273. The molecule has 4 rings (SSSR count). The van der Waals surface area contributed by atoms with Gasteiger partial charge in [-0.1, -0.05) is 54.1 Å². The summed E-state index contributed by atoms with van der Waals surface area (Å²) in [5, 5.41) is 4.47. The molecule has 1 aromatic heterocycles. The summed E-state index contributed by atoms with van der Waals surface area (Å²) in [5.41, 5.74) is 2.11. The van der Waals surface area contributed by atoms with Gasteiger partial charge in [-0.3, -0.25) is 4.79 Å². The molecule has 2 heterocycles. The Labute approximate surface area is 173 Å². The Hall–Kier alpha value is -2.70. The Bertz CT molecular complexity index is 1040. The van der Waals surface area contributed by atoms with Crippen LogP contribution in [0.5, 0.6) is 0 Å². The Balaban J connectivity index is 1.59. The van der Waals surface area contributed by atoms with Gasteiger partial charge < -0.3 is 9.64 Å². The lowest BCUT2D eigenvalue weighted by Crippen LogP contribution is -2.44. The van der Waals surface area contributed by atoms with Gasteiger partial charge in [0.2, 0.25) is 0 Å². The number of halogens is 2. The molecule has 29 heavy (non-hydrogen) atoms. The van der Waals surface area contributed by atoms with Crippen molar-refractivity contribution in [2.45, 2.75) is 25.7 Å². The molecule has 1 saturated heterocycles. The quantitative estimate of drug-likeness (QED) is 0.647. The molecule has 0 aliphatic carbocycles. The zero-order valence-electron chi connectivity index (χ0n) is 16.0. The van der Waals surface area contributed by atoms with E-state index < -0.39 is 0 Å². The maximum atomic E-state index is 13.2. The molecule has 3 aromatic rings. The van der Waals surface area contributed by atoms with E-state index in [-0.39, 0.29) is 28.6 Å². The summed E-state index contributed by atoms with van der Waals surface area (Å²) in [5.74, 6) is -0.288. The third-order valence-corrected chi connectivity index (χ3v) is 5.34. The smallest absolute Gasteiger partial charge is 0.287 e. The minimum atomic E-state index is -0.328. The Morgan fingerprint density at radius 2 is 1.86 bits per heavy atom. The number of benzene rings is 2. The van der Waals surface area contributed by atoms with Crippen LogP contribution in [0.15, 0.2) is 65.6 Å². The summed E-state index contributed by atoms with van der Waals surface area (Å²) in [7, 11) is 0. The number of ether oxygens (including phenoxy) is 1. The third kappa shape index (κ3) is 4.33. The van der Waals surface area contributed by atoms with Crippen molar-refractivity contribution in [1.29, 1.82) is 0 Å². The molecular weight excluding hydrogens is 393 g/mol. The minimum Gasteiger partial charge on any atom is -0.367 e. The van der Waals surface area contributed by atoms with Crippen LogP contribution in [0, 0.1) is 5.82 Å². The topological polar surface area (TPSA) is 47.4 Å². The normalized spacial score (nSPS) is 19.3. The molecule has 2 atom stereocenters. The minimum absolute atomic E-state index is 0.0818. The van der Waals surface area contributed by atoms with Crippen molar-refractivity contribution in [2.24, 2.45) is 0 Å². The van der Waals surface area contributed by atoms with E-state index in [0.717, 1.165) is 11.1 Å². The van der Waals surface area contributed by atoms with E-state index in [1.807, 2.05) is 42.2 Å². The molecule has 0 saturated carbocycles. The van der Waals surface area contributed by atoms with Gasteiger partial charge in [-0.25, -0.2) is 9.07 Å². The molecule has 0 amide bonds. The van der Waals surface area contributed by atoms with Crippen molar-refractivity contribution in [3.63, 3.8) is 0 Å². The lowest BCUT2D eigenvalue weighted by molar-refractivity contribution is -0.0174. The van der Waals surface area contributed by atoms with Crippen molar-refractivity contribution < 1.29 is 9.13 Å². The molecule has 2 aromatic carbocycles. The van der Waals surface area contributed by atoms with Gasteiger partial charge in [-0.05, 0) is 30.2 Å². The van der Waals surface area contributed by atoms with E-state index in [9.17, 15) is 9.18 Å². The highest BCUT2D eigenvalue weighted by Gasteiger charge is 2.29. The predicted octanol–water partition coefficient (Wildman–Crippen LogP) is 4.05. The van der Waals surface area contributed by atoms with Crippen LogP contribution in [0.1, 0.15) is 24.2 Å². The summed E-state index contributed by atoms with van der Waals surface area (Å²) < 4.78 is 20.6. The van der Waals surface area contributed by atoms with Gasteiger partial charge in [-0.2, -0.15) is 5.10 Å². The van der Waals surface area contributed by atoms with Crippen molar-refractivity contribution in [2.75, 3.05) is 18.0 Å². The van der Waals surface area contributed by atoms with E-state index in [4.69, 9.17) is 16.3 Å². The van der Waals surface area contributed by atoms with E-state index in [0.29, 0.717) is 25.3 Å². The maximum Gasteiger partial charge on any atom is 0.287 e. The second-order valence-corrected chi connectivity index (χ2v) is 7.56. The first-order valence-electron chi connectivity index (χ1n) is 9.46. The SMILES string of the molecule is CC1CN(c2cnn(Cc3ccccc3)c(=O)c2Cl)CC(c2ccc(F)cc2)O1. The molecule has 0 radical (unpaired) electrons. The summed E-state index contributed by atoms with van der Waals surface area (Å²) >= 11 is 6.45. The van der Waals surface area contributed by atoms with Gasteiger partial charge in [0.15, 0.2) is 0 Å². The Morgan fingerprint density at radius 1 is 1.14 bits per heavy atom. The van der Waals surface area contributed by atoms with Gasteiger partial charge in [0.25, 0.3) is 5.56 Å². The number of morpholine rings is 1. The zero-order chi connectivity index (χ0) is 20.4.